The smallest absolute Gasteiger partial charge is 0.0561 e. The molecule has 7 aromatic rings. The molecule has 2 heterocycles. The van der Waals surface area contributed by atoms with Crippen LogP contribution in [-0.4, -0.2) is 9.13 Å². The molecule has 2 aromatic heterocycles. The molecule has 2 nitrogen and oxygen atoms in total. The molecule has 0 aliphatic rings. The molecule has 0 aliphatic carbocycles. The van der Waals surface area contributed by atoms with Gasteiger partial charge in [-0.25, -0.2) is 0 Å². The van der Waals surface area contributed by atoms with Crippen molar-refractivity contribution in [1.82, 2.24) is 9.13 Å². The van der Waals surface area contributed by atoms with Gasteiger partial charge in [-0.1, -0.05) is 72.3 Å². The molecule has 0 bridgehead atoms. The predicted molar refractivity (Wildman–Crippen MR) is 140 cm³/mol. The molecule has 5 aromatic carbocycles. The number of para-hydroxylation sites is 3. The predicted octanol–water partition coefficient (Wildman–Crippen LogP) is 8.53. The van der Waals surface area contributed by atoms with Gasteiger partial charge in [-0.15, -0.1) is 0 Å². The van der Waals surface area contributed by atoms with Crippen LogP contribution in [-0.2, 0) is 0 Å². The normalized spacial score (nSPS) is 11.8. The van der Waals surface area contributed by atoms with Gasteiger partial charge in [0.1, 0.15) is 0 Å². The lowest BCUT2D eigenvalue weighted by Gasteiger charge is -2.11. The monoisotopic (exact) mass is 442 g/mol. The number of hydrogen-bond donors (Lipinski definition) is 0. The lowest BCUT2D eigenvalue weighted by molar-refractivity contribution is 1.15. The highest BCUT2D eigenvalue weighted by Gasteiger charge is 2.16. The van der Waals surface area contributed by atoms with Crippen LogP contribution in [0.2, 0.25) is 5.02 Å². The van der Waals surface area contributed by atoms with Gasteiger partial charge in [0.15, 0.2) is 0 Å². The SMILES string of the molecule is Clc1ccc2c(c1)c1ccc(-n3c4ccccc4c4ccccc43)cc1n2-c1ccccc1. The molecule has 0 amide bonds. The zero-order valence-electron chi connectivity index (χ0n) is 17.7. The van der Waals surface area contributed by atoms with E-state index >= 15 is 0 Å². The molecule has 0 aliphatic heterocycles. The van der Waals surface area contributed by atoms with Crippen molar-refractivity contribution in [2.45, 2.75) is 0 Å². The standard InChI is InChI=1S/C30H19ClN2/c31-20-14-17-29-26(18-20)25-16-15-22(19-30(25)32(29)21-8-2-1-3-9-21)33-27-12-6-4-10-23(27)24-11-5-7-13-28(24)33/h1-19H. The van der Waals surface area contributed by atoms with E-state index in [1.165, 1.54) is 27.2 Å². The second-order valence-electron chi connectivity index (χ2n) is 8.40. The first-order chi connectivity index (χ1) is 16.3. The Bertz CT molecular complexity index is 1770. The summed E-state index contributed by atoms with van der Waals surface area (Å²) in [5.41, 5.74) is 7.02. The summed E-state index contributed by atoms with van der Waals surface area (Å²) in [5.74, 6) is 0. The molecule has 0 unspecified atom stereocenters. The number of benzene rings is 5. The number of nitrogens with zero attached hydrogens (tertiary/aromatic N) is 2. The molecule has 156 valence electrons. The first-order valence-corrected chi connectivity index (χ1v) is 11.5. The van der Waals surface area contributed by atoms with Crippen molar-refractivity contribution in [3.05, 3.63) is 120 Å². The second-order valence-corrected chi connectivity index (χ2v) is 8.84. The lowest BCUT2D eigenvalue weighted by atomic mass is 10.1. The van der Waals surface area contributed by atoms with Crippen molar-refractivity contribution < 1.29 is 0 Å². The summed E-state index contributed by atoms with van der Waals surface area (Å²) in [6, 6.07) is 40.7. The summed E-state index contributed by atoms with van der Waals surface area (Å²) in [5, 5.41) is 5.64. The van der Waals surface area contributed by atoms with Crippen LogP contribution < -0.4 is 0 Å². The van der Waals surface area contributed by atoms with Gasteiger partial charge in [0.2, 0.25) is 0 Å². The maximum atomic E-state index is 6.40. The lowest BCUT2D eigenvalue weighted by Crippen LogP contribution is -1.96. The van der Waals surface area contributed by atoms with Crippen LogP contribution in [0.5, 0.6) is 0 Å². The Labute approximate surface area is 195 Å². The molecule has 3 heteroatoms. The molecule has 0 saturated heterocycles. The molecule has 33 heavy (non-hydrogen) atoms. The molecule has 0 radical (unpaired) electrons. The van der Waals surface area contributed by atoms with E-state index in [1.807, 2.05) is 6.07 Å². The largest absolute Gasteiger partial charge is 0.309 e. The minimum Gasteiger partial charge on any atom is -0.309 e. The van der Waals surface area contributed by atoms with Crippen molar-refractivity contribution in [1.29, 1.82) is 0 Å². The van der Waals surface area contributed by atoms with Gasteiger partial charge in [0.25, 0.3) is 0 Å². The Morgan fingerprint density at radius 3 is 1.70 bits per heavy atom. The topological polar surface area (TPSA) is 9.86 Å². The Balaban J connectivity index is 1.62. The maximum absolute atomic E-state index is 6.40. The van der Waals surface area contributed by atoms with E-state index in [-0.39, 0.29) is 0 Å². The zero-order chi connectivity index (χ0) is 21.9. The first-order valence-electron chi connectivity index (χ1n) is 11.1. The number of rotatable bonds is 2. The van der Waals surface area contributed by atoms with Gasteiger partial charge in [0, 0.05) is 37.9 Å². The summed E-state index contributed by atoms with van der Waals surface area (Å²) in [6.45, 7) is 0. The first kappa shape index (κ1) is 18.6. The molecule has 0 atom stereocenters. The molecule has 0 spiro atoms. The number of aromatic nitrogens is 2. The fourth-order valence-electron chi connectivity index (χ4n) is 5.18. The van der Waals surface area contributed by atoms with Gasteiger partial charge < -0.3 is 9.13 Å². The maximum Gasteiger partial charge on any atom is 0.0561 e. The van der Waals surface area contributed by atoms with E-state index in [4.69, 9.17) is 11.6 Å². The molecular weight excluding hydrogens is 424 g/mol. The van der Waals surface area contributed by atoms with Crippen LogP contribution in [0.1, 0.15) is 0 Å². The van der Waals surface area contributed by atoms with Gasteiger partial charge >= 0.3 is 0 Å². The van der Waals surface area contributed by atoms with Crippen molar-refractivity contribution in [3.8, 4) is 11.4 Å². The van der Waals surface area contributed by atoms with E-state index in [9.17, 15) is 0 Å². The molecule has 0 fully saturated rings. The molecule has 0 saturated carbocycles. The van der Waals surface area contributed by atoms with Crippen LogP contribution >= 0.6 is 11.6 Å². The molecule has 7 rings (SSSR count). The van der Waals surface area contributed by atoms with E-state index in [0.29, 0.717) is 0 Å². The minimum atomic E-state index is 0.751. The van der Waals surface area contributed by atoms with Crippen LogP contribution in [0, 0.1) is 0 Å². The van der Waals surface area contributed by atoms with Crippen molar-refractivity contribution in [3.63, 3.8) is 0 Å². The van der Waals surface area contributed by atoms with Crippen LogP contribution in [0.4, 0.5) is 0 Å². The Morgan fingerprint density at radius 2 is 0.970 bits per heavy atom. The third-order valence-electron chi connectivity index (χ3n) is 6.56. The van der Waals surface area contributed by atoms with Gasteiger partial charge in [-0.2, -0.15) is 0 Å². The highest BCUT2D eigenvalue weighted by Crippen LogP contribution is 2.37. The average Bonchev–Trinajstić information content (AvgIpc) is 3.37. The summed E-state index contributed by atoms with van der Waals surface area (Å²) in [6.07, 6.45) is 0. The van der Waals surface area contributed by atoms with Crippen molar-refractivity contribution in [2.24, 2.45) is 0 Å². The third kappa shape index (κ3) is 2.68. The number of fused-ring (bicyclic) bond motifs is 6. The van der Waals surface area contributed by atoms with E-state index in [1.54, 1.807) is 0 Å². The zero-order valence-corrected chi connectivity index (χ0v) is 18.5. The second kappa shape index (κ2) is 6.99. The third-order valence-corrected chi connectivity index (χ3v) is 6.80. The molecule has 0 N–H and O–H groups in total. The average molecular weight is 443 g/mol. The van der Waals surface area contributed by atoms with E-state index in [2.05, 4.69) is 118 Å². The highest BCUT2D eigenvalue weighted by molar-refractivity contribution is 6.32. The highest BCUT2D eigenvalue weighted by atomic mass is 35.5. The fraction of sp³-hybridized carbons (Fsp3) is 0. The Morgan fingerprint density at radius 1 is 0.394 bits per heavy atom. The summed E-state index contributed by atoms with van der Waals surface area (Å²) in [7, 11) is 0. The van der Waals surface area contributed by atoms with Gasteiger partial charge in [-0.3, -0.25) is 0 Å². The van der Waals surface area contributed by atoms with Crippen LogP contribution in [0.15, 0.2) is 115 Å². The summed E-state index contributed by atoms with van der Waals surface area (Å²) < 4.78 is 4.70. The van der Waals surface area contributed by atoms with Crippen LogP contribution in [0.3, 0.4) is 0 Å². The minimum absolute atomic E-state index is 0.751. The van der Waals surface area contributed by atoms with Crippen LogP contribution in [0.25, 0.3) is 55.0 Å². The fourth-order valence-corrected chi connectivity index (χ4v) is 5.35. The van der Waals surface area contributed by atoms with Crippen molar-refractivity contribution in [2.75, 3.05) is 0 Å². The Kier molecular flexibility index (Phi) is 3.93. The summed E-state index contributed by atoms with van der Waals surface area (Å²) >= 11 is 6.40. The van der Waals surface area contributed by atoms with E-state index < -0.39 is 0 Å². The Hall–Kier alpha value is -4.01. The van der Waals surface area contributed by atoms with Gasteiger partial charge in [0.05, 0.1) is 22.1 Å². The van der Waals surface area contributed by atoms with Gasteiger partial charge in [-0.05, 0) is 54.6 Å². The number of halogens is 1. The summed E-state index contributed by atoms with van der Waals surface area (Å²) in [4.78, 5) is 0. The quantitative estimate of drug-likeness (QED) is 0.254. The van der Waals surface area contributed by atoms with E-state index in [0.717, 1.165) is 32.8 Å². The molecular formula is C30H19ClN2. The number of hydrogen-bond acceptors (Lipinski definition) is 0. The van der Waals surface area contributed by atoms with Crippen molar-refractivity contribution >= 4 is 55.2 Å².